The van der Waals surface area contributed by atoms with Crippen LogP contribution in [0.5, 0.6) is 17.2 Å². The van der Waals surface area contributed by atoms with Crippen LogP contribution in [0.4, 0.5) is 5.69 Å². The van der Waals surface area contributed by atoms with Gasteiger partial charge in [-0.2, -0.15) is 5.21 Å². The summed E-state index contributed by atoms with van der Waals surface area (Å²) in [5.74, 6) is 2.29. The fraction of sp³-hybridized carbons (Fsp3) is 0.0476. The smallest absolute Gasteiger partial charge is 0.255 e. The summed E-state index contributed by atoms with van der Waals surface area (Å²) >= 11 is 0. The highest BCUT2D eigenvalue weighted by Crippen LogP contribution is 2.23. The largest absolute Gasteiger partial charge is 0.485 e. The molecule has 0 aliphatic heterocycles. The Morgan fingerprint density at radius 3 is 2.24 bits per heavy atom. The van der Waals surface area contributed by atoms with Crippen LogP contribution < -0.4 is 14.8 Å². The number of aromatic amines is 1. The Morgan fingerprint density at radius 2 is 1.55 bits per heavy atom. The molecule has 1 amide bonds. The van der Waals surface area contributed by atoms with Crippen molar-refractivity contribution in [2.24, 2.45) is 0 Å². The monoisotopic (exact) mass is 387 g/mol. The van der Waals surface area contributed by atoms with Crippen LogP contribution in [0.25, 0.3) is 0 Å². The molecule has 0 aliphatic rings. The minimum absolute atomic E-state index is 0.194. The van der Waals surface area contributed by atoms with E-state index in [1.807, 2.05) is 30.3 Å². The normalized spacial score (nSPS) is 10.3. The van der Waals surface area contributed by atoms with Gasteiger partial charge in [-0.05, 0) is 60.7 Å². The molecular formula is C21H17N5O3. The summed E-state index contributed by atoms with van der Waals surface area (Å²) in [6.07, 6.45) is 0. The Morgan fingerprint density at radius 1 is 0.862 bits per heavy atom. The van der Waals surface area contributed by atoms with Gasteiger partial charge in [-0.1, -0.05) is 23.4 Å². The van der Waals surface area contributed by atoms with Crippen molar-refractivity contribution in [3.63, 3.8) is 0 Å². The minimum Gasteiger partial charge on any atom is -0.485 e. The first kappa shape index (κ1) is 18.2. The lowest BCUT2D eigenvalue weighted by molar-refractivity contribution is 0.102. The Labute approximate surface area is 166 Å². The second-order valence-electron chi connectivity index (χ2n) is 6.03. The van der Waals surface area contributed by atoms with Crippen molar-refractivity contribution in [3.8, 4) is 17.2 Å². The quantitative estimate of drug-likeness (QED) is 0.500. The second kappa shape index (κ2) is 8.66. The van der Waals surface area contributed by atoms with Crippen molar-refractivity contribution in [2.45, 2.75) is 6.61 Å². The van der Waals surface area contributed by atoms with E-state index in [1.165, 1.54) is 0 Å². The van der Waals surface area contributed by atoms with E-state index in [0.29, 0.717) is 28.6 Å². The number of anilines is 1. The predicted molar refractivity (Wildman–Crippen MR) is 106 cm³/mol. The van der Waals surface area contributed by atoms with E-state index in [9.17, 15) is 4.79 Å². The molecule has 1 aromatic heterocycles. The zero-order chi connectivity index (χ0) is 19.9. The third-order valence-electron chi connectivity index (χ3n) is 3.96. The van der Waals surface area contributed by atoms with Crippen molar-refractivity contribution < 1.29 is 14.3 Å². The average Bonchev–Trinajstić information content (AvgIpc) is 3.28. The molecule has 29 heavy (non-hydrogen) atoms. The molecule has 0 atom stereocenters. The number of nitrogens with one attached hydrogen (secondary N) is 2. The van der Waals surface area contributed by atoms with E-state index in [1.54, 1.807) is 48.5 Å². The standard InChI is InChI=1S/C21H17N5O3/c27-21(15-6-10-17(11-7-15)28-14-20-23-25-26-24-20)22-16-8-12-19(13-9-16)29-18-4-2-1-3-5-18/h1-13H,14H2,(H,22,27)(H,23,24,25,26). The number of para-hydroxylation sites is 1. The molecule has 0 radical (unpaired) electrons. The summed E-state index contributed by atoms with van der Waals surface area (Å²) in [5, 5.41) is 16.3. The van der Waals surface area contributed by atoms with Gasteiger partial charge >= 0.3 is 0 Å². The van der Waals surface area contributed by atoms with Crippen LogP contribution in [0.1, 0.15) is 16.2 Å². The summed E-state index contributed by atoms with van der Waals surface area (Å²) < 4.78 is 11.3. The molecule has 0 saturated carbocycles. The molecule has 0 aliphatic carbocycles. The number of hydrogen-bond acceptors (Lipinski definition) is 6. The van der Waals surface area contributed by atoms with E-state index in [4.69, 9.17) is 9.47 Å². The number of hydrogen-bond donors (Lipinski definition) is 2. The topological polar surface area (TPSA) is 102 Å². The zero-order valence-electron chi connectivity index (χ0n) is 15.3. The minimum atomic E-state index is -0.216. The number of nitrogens with zero attached hydrogens (tertiary/aromatic N) is 3. The highest BCUT2D eigenvalue weighted by Gasteiger charge is 2.07. The molecule has 0 spiro atoms. The van der Waals surface area contributed by atoms with Gasteiger partial charge in [0.1, 0.15) is 17.2 Å². The second-order valence-corrected chi connectivity index (χ2v) is 6.03. The fourth-order valence-corrected chi connectivity index (χ4v) is 2.53. The van der Waals surface area contributed by atoms with Gasteiger partial charge in [0, 0.05) is 11.3 Å². The first-order valence-corrected chi connectivity index (χ1v) is 8.86. The van der Waals surface area contributed by atoms with Crippen LogP contribution in [0.2, 0.25) is 0 Å². The van der Waals surface area contributed by atoms with Crippen LogP contribution in [0, 0.1) is 0 Å². The van der Waals surface area contributed by atoms with Crippen molar-refractivity contribution in [1.29, 1.82) is 0 Å². The highest BCUT2D eigenvalue weighted by atomic mass is 16.5. The van der Waals surface area contributed by atoms with Gasteiger partial charge in [0.2, 0.25) is 5.82 Å². The molecule has 144 valence electrons. The lowest BCUT2D eigenvalue weighted by Gasteiger charge is -2.09. The summed E-state index contributed by atoms with van der Waals surface area (Å²) in [6, 6.07) is 23.5. The van der Waals surface area contributed by atoms with Gasteiger partial charge in [-0.25, -0.2) is 0 Å². The molecule has 0 bridgehead atoms. The molecule has 8 heteroatoms. The Kier molecular flexibility index (Phi) is 5.43. The number of aromatic nitrogens is 4. The third kappa shape index (κ3) is 4.95. The van der Waals surface area contributed by atoms with Gasteiger partial charge in [0.05, 0.1) is 0 Å². The van der Waals surface area contributed by atoms with Crippen molar-refractivity contribution in [2.75, 3.05) is 5.32 Å². The maximum absolute atomic E-state index is 12.4. The van der Waals surface area contributed by atoms with Crippen molar-refractivity contribution in [3.05, 3.63) is 90.3 Å². The number of benzene rings is 3. The van der Waals surface area contributed by atoms with E-state index >= 15 is 0 Å². The van der Waals surface area contributed by atoms with Crippen LogP contribution in [0.3, 0.4) is 0 Å². The first-order chi connectivity index (χ1) is 14.3. The van der Waals surface area contributed by atoms with Crippen LogP contribution in [-0.2, 0) is 6.61 Å². The van der Waals surface area contributed by atoms with Gasteiger partial charge in [-0.3, -0.25) is 4.79 Å². The van der Waals surface area contributed by atoms with Crippen LogP contribution in [0.15, 0.2) is 78.9 Å². The molecule has 2 N–H and O–H groups in total. The predicted octanol–water partition coefficient (Wildman–Crippen LogP) is 3.82. The summed E-state index contributed by atoms with van der Waals surface area (Å²) in [6.45, 7) is 0.194. The summed E-state index contributed by atoms with van der Waals surface area (Å²) in [7, 11) is 0. The van der Waals surface area contributed by atoms with Gasteiger partial charge in [0.15, 0.2) is 6.61 Å². The molecule has 0 unspecified atom stereocenters. The molecule has 1 heterocycles. The first-order valence-electron chi connectivity index (χ1n) is 8.86. The van der Waals surface area contributed by atoms with E-state index in [2.05, 4.69) is 25.9 Å². The Balaban J connectivity index is 1.32. The number of rotatable bonds is 7. The molecule has 4 rings (SSSR count). The van der Waals surface area contributed by atoms with E-state index < -0.39 is 0 Å². The molecular weight excluding hydrogens is 370 g/mol. The summed E-state index contributed by atoms with van der Waals surface area (Å²) in [4.78, 5) is 12.4. The number of amides is 1. The van der Waals surface area contributed by atoms with Gasteiger partial charge in [0.25, 0.3) is 5.91 Å². The maximum Gasteiger partial charge on any atom is 0.255 e. The van der Waals surface area contributed by atoms with Gasteiger partial charge in [-0.15, -0.1) is 10.2 Å². The van der Waals surface area contributed by atoms with Crippen LogP contribution >= 0.6 is 0 Å². The van der Waals surface area contributed by atoms with Gasteiger partial charge < -0.3 is 14.8 Å². The van der Waals surface area contributed by atoms with E-state index in [-0.39, 0.29) is 12.5 Å². The number of carbonyl (C=O) groups is 1. The molecule has 0 fully saturated rings. The molecule has 4 aromatic rings. The SMILES string of the molecule is O=C(Nc1ccc(Oc2ccccc2)cc1)c1ccc(OCc2nn[nH]n2)cc1. The number of H-pyrrole nitrogens is 1. The third-order valence-corrected chi connectivity index (χ3v) is 3.96. The van der Waals surface area contributed by atoms with E-state index in [0.717, 1.165) is 5.75 Å². The molecule has 3 aromatic carbocycles. The lowest BCUT2D eigenvalue weighted by atomic mass is 10.2. The number of ether oxygens (including phenoxy) is 2. The Bertz CT molecular complexity index is 1050. The Hall–Kier alpha value is -4.20. The van der Waals surface area contributed by atoms with Crippen molar-refractivity contribution >= 4 is 11.6 Å². The molecule has 8 nitrogen and oxygen atoms in total. The molecule has 0 saturated heterocycles. The van der Waals surface area contributed by atoms with Crippen LogP contribution in [-0.4, -0.2) is 26.5 Å². The number of carbonyl (C=O) groups excluding carboxylic acids is 1. The lowest BCUT2D eigenvalue weighted by Crippen LogP contribution is -2.11. The van der Waals surface area contributed by atoms with Crippen molar-refractivity contribution in [1.82, 2.24) is 20.6 Å². The maximum atomic E-state index is 12.4. The average molecular weight is 387 g/mol. The zero-order valence-corrected chi connectivity index (χ0v) is 15.3. The highest BCUT2D eigenvalue weighted by molar-refractivity contribution is 6.04. The number of tetrazole rings is 1. The summed E-state index contributed by atoms with van der Waals surface area (Å²) in [5.41, 5.74) is 1.19. The fourth-order valence-electron chi connectivity index (χ4n) is 2.53.